The highest BCUT2D eigenvalue weighted by molar-refractivity contribution is 6.04. The second-order valence-corrected chi connectivity index (χ2v) is 3.58. The lowest BCUT2D eigenvalue weighted by Gasteiger charge is -1.95. The number of anilines is 1. The van der Waals surface area contributed by atoms with E-state index in [2.05, 4.69) is 15.3 Å². The first kappa shape index (κ1) is 13.9. The van der Waals surface area contributed by atoms with Gasteiger partial charge < -0.3 is 21.8 Å². The Morgan fingerprint density at radius 2 is 2.11 bits per heavy atom. The summed E-state index contributed by atoms with van der Waals surface area (Å²) < 4.78 is 0. The fourth-order valence-corrected chi connectivity index (χ4v) is 1.49. The fraction of sp³-hybridized carbons (Fsp3) is 0.0909. The average Bonchev–Trinajstić information content (AvgIpc) is 2.71. The van der Waals surface area contributed by atoms with Gasteiger partial charge in [-0.1, -0.05) is 6.07 Å². The minimum absolute atomic E-state index is 0. The molecule has 2 rings (SSSR count). The summed E-state index contributed by atoms with van der Waals surface area (Å²) in [6.07, 6.45) is 0. The monoisotopic (exact) mass is 267 g/mol. The number of benzene rings is 1. The van der Waals surface area contributed by atoms with Crippen LogP contribution in [-0.2, 0) is 0 Å². The van der Waals surface area contributed by atoms with Crippen molar-refractivity contribution in [1.29, 1.82) is 0 Å². The number of fused-ring (bicyclic) bond motifs is 1. The van der Waals surface area contributed by atoms with Gasteiger partial charge in [-0.15, -0.1) is 12.4 Å². The van der Waals surface area contributed by atoms with Crippen LogP contribution in [0.15, 0.2) is 29.3 Å². The Bertz CT molecular complexity index is 604. The van der Waals surface area contributed by atoms with Crippen molar-refractivity contribution < 1.29 is 4.79 Å². The number of aromatic amines is 1. The van der Waals surface area contributed by atoms with Crippen LogP contribution in [-0.4, -0.2) is 23.9 Å². The molecule has 0 aliphatic carbocycles. The topological polar surface area (TPSA) is 109 Å². The molecule has 7 heteroatoms. The number of hydrogen-bond donors (Lipinski definition) is 4. The maximum absolute atomic E-state index is 11.7. The highest BCUT2D eigenvalue weighted by atomic mass is 35.5. The molecule has 2 aromatic rings. The number of guanidine groups is 1. The van der Waals surface area contributed by atoms with E-state index in [1.807, 2.05) is 6.07 Å². The molecule has 6 nitrogen and oxygen atoms in total. The van der Waals surface area contributed by atoms with Crippen molar-refractivity contribution in [3.63, 3.8) is 0 Å². The van der Waals surface area contributed by atoms with Crippen molar-refractivity contribution in [2.24, 2.45) is 10.7 Å². The van der Waals surface area contributed by atoms with E-state index in [9.17, 15) is 4.79 Å². The van der Waals surface area contributed by atoms with E-state index in [0.717, 1.165) is 10.9 Å². The lowest BCUT2D eigenvalue weighted by Crippen LogP contribution is -2.28. The summed E-state index contributed by atoms with van der Waals surface area (Å²) in [5.41, 5.74) is 12.9. The van der Waals surface area contributed by atoms with Crippen molar-refractivity contribution >= 4 is 40.9 Å². The summed E-state index contributed by atoms with van der Waals surface area (Å²) in [5, 5.41) is 3.49. The molecule has 1 heterocycles. The van der Waals surface area contributed by atoms with Crippen molar-refractivity contribution in [2.75, 3.05) is 12.8 Å². The van der Waals surface area contributed by atoms with Crippen LogP contribution >= 0.6 is 12.4 Å². The van der Waals surface area contributed by atoms with Crippen LogP contribution in [0.4, 0.5) is 5.69 Å². The zero-order valence-corrected chi connectivity index (χ0v) is 10.5. The number of carbonyl (C=O) groups excluding carboxylic acids is 1. The molecule has 1 amide bonds. The third-order valence-corrected chi connectivity index (χ3v) is 2.36. The molecule has 1 aromatic heterocycles. The van der Waals surface area contributed by atoms with E-state index >= 15 is 0 Å². The summed E-state index contributed by atoms with van der Waals surface area (Å²) in [4.78, 5) is 18.3. The number of rotatable bonds is 1. The third kappa shape index (κ3) is 2.72. The maximum Gasteiger partial charge on any atom is 0.296 e. The minimum atomic E-state index is -0.424. The average molecular weight is 268 g/mol. The number of carbonyl (C=O) groups is 1. The minimum Gasteiger partial charge on any atom is -0.399 e. The number of aromatic nitrogens is 1. The van der Waals surface area contributed by atoms with Gasteiger partial charge in [-0.2, -0.15) is 4.99 Å². The number of nitrogens with zero attached hydrogens (tertiary/aromatic N) is 1. The van der Waals surface area contributed by atoms with E-state index in [1.54, 1.807) is 25.2 Å². The van der Waals surface area contributed by atoms with Gasteiger partial charge in [-0.25, -0.2) is 0 Å². The van der Waals surface area contributed by atoms with Crippen LogP contribution in [0.25, 0.3) is 10.9 Å². The first-order valence-electron chi connectivity index (χ1n) is 5.04. The van der Waals surface area contributed by atoms with Gasteiger partial charge in [0.15, 0.2) is 5.96 Å². The Morgan fingerprint density at radius 3 is 2.78 bits per heavy atom. The van der Waals surface area contributed by atoms with Crippen LogP contribution < -0.4 is 16.8 Å². The largest absolute Gasteiger partial charge is 0.399 e. The maximum atomic E-state index is 11.7. The third-order valence-electron chi connectivity index (χ3n) is 2.36. The summed E-state index contributed by atoms with van der Waals surface area (Å²) in [6, 6.07) is 7.08. The molecule has 0 saturated heterocycles. The SMILES string of the molecule is CNC(N)=NC(=O)c1cc2ccc(N)cc2[nH]1.Cl. The summed E-state index contributed by atoms with van der Waals surface area (Å²) in [5.74, 6) is -0.347. The Morgan fingerprint density at radius 1 is 1.39 bits per heavy atom. The second kappa shape index (κ2) is 5.42. The standard InChI is InChI=1S/C11H13N5O.ClH/c1-14-11(13)16-10(17)9-4-6-2-3-7(12)5-8(6)15-9;/h2-5,15H,12H2,1H3,(H3,13,14,16,17);1H. The van der Waals surface area contributed by atoms with Gasteiger partial charge in [0.05, 0.1) is 0 Å². The van der Waals surface area contributed by atoms with E-state index in [1.165, 1.54) is 0 Å². The second-order valence-electron chi connectivity index (χ2n) is 3.58. The van der Waals surface area contributed by atoms with Crippen LogP contribution in [0, 0.1) is 0 Å². The lowest BCUT2D eigenvalue weighted by molar-refractivity contribution is 0.0998. The van der Waals surface area contributed by atoms with Crippen molar-refractivity contribution in [1.82, 2.24) is 10.3 Å². The van der Waals surface area contributed by atoms with E-state index < -0.39 is 5.91 Å². The van der Waals surface area contributed by atoms with E-state index in [0.29, 0.717) is 11.4 Å². The van der Waals surface area contributed by atoms with Crippen molar-refractivity contribution in [2.45, 2.75) is 0 Å². The number of hydrogen-bond acceptors (Lipinski definition) is 2. The summed E-state index contributed by atoms with van der Waals surface area (Å²) in [7, 11) is 1.60. The molecule has 0 fully saturated rings. The van der Waals surface area contributed by atoms with Crippen LogP contribution in [0.3, 0.4) is 0 Å². The molecule has 0 aliphatic heterocycles. The first-order valence-corrected chi connectivity index (χ1v) is 5.04. The highest BCUT2D eigenvalue weighted by Crippen LogP contribution is 2.18. The van der Waals surface area contributed by atoms with Gasteiger partial charge in [0.1, 0.15) is 5.69 Å². The molecular formula is C11H14ClN5O. The van der Waals surface area contributed by atoms with Crippen LogP contribution in [0.1, 0.15) is 10.5 Å². The van der Waals surface area contributed by atoms with E-state index in [-0.39, 0.29) is 18.4 Å². The molecule has 0 radical (unpaired) electrons. The fourth-order valence-electron chi connectivity index (χ4n) is 1.49. The molecule has 6 N–H and O–H groups in total. The smallest absolute Gasteiger partial charge is 0.296 e. The Balaban J connectivity index is 0.00000162. The molecule has 0 spiro atoms. The van der Waals surface area contributed by atoms with Gasteiger partial charge in [0.2, 0.25) is 0 Å². The summed E-state index contributed by atoms with van der Waals surface area (Å²) >= 11 is 0. The van der Waals surface area contributed by atoms with Crippen molar-refractivity contribution in [3.8, 4) is 0 Å². The van der Waals surface area contributed by atoms with Gasteiger partial charge in [-0.3, -0.25) is 4.79 Å². The first-order chi connectivity index (χ1) is 8.10. The molecule has 0 unspecified atom stereocenters. The highest BCUT2D eigenvalue weighted by Gasteiger charge is 2.09. The van der Waals surface area contributed by atoms with E-state index in [4.69, 9.17) is 11.5 Å². The molecule has 0 atom stereocenters. The van der Waals surface area contributed by atoms with Gasteiger partial charge in [-0.05, 0) is 18.2 Å². The Hall–Kier alpha value is -2.21. The number of nitrogens with one attached hydrogen (secondary N) is 2. The predicted molar refractivity (Wildman–Crippen MR) is 75.0 cm³/mol. The molecular weight excluding hydrogens is 254 g/mol. The number of nitrogen functional groups attached to an aromatic ring is 1. The molecule has 1 aromatic carbocycles. The summed E-state index contributed by atoms with van der Waals surface area (Å²) in [6.45, 7) is 0. The number of halogens is 1. The van der Waals surface area contributed by atoms with Crippen molar-refractivity contribution in [3.05, 3.63) is 30.0 Å². The quantitative estimate of drug-likeness (QED) is 0.349. The Kier molecular flexibility index (Phi) is 4.17. The number of H-pyrrole nitrogens is 1. The molecule has 0 aliphatic rings. The van der Waals surface area contributed by atoms with Crippen LogP contribution in [0.5, 0.6) is 0 Å². The molecule has 96 valence electrons. The molecule has 0 bridgehead atoms. The van der Waals surface area contributed by atoms with Gasteiger partial charge in [0, 0.05) is 23.6 Å². The molecule has 18 heavy (non-hydrogen) atoms. The number of amides is 1. The normalized spacial score (nSPS) is 11.1. The zero-order chi connectivity index (χ0) is 12.4. The van der Waals surface area contributed by atoms with Gasteiger partial charge >= 0.3 is 0 Å². The number of nitrogens with two attached hydrogens (primary N) is 2. The van der Waals surface area contributed by atoms with Gasteiger partial charge in [0.25, 0.3) is 5.91 Å². The number of aliphatic imine (C=N–C) groups is 1. The zero-order valence-electron chi connectivity index (χ0n) is 9.73. The molecule has 0 saturated carbocycles. The predicted octanol–water partition coefficient (Wildman–Crippen LogP) is 0.846. The van der Waals surface area contributed by atoms with Crippen LogP contribution in [0.2, 0.25) is 0 Å². The lowest BCUT2D eigenvalue weighted by atomic mass is 10.2. The Labute approximate surface area is 110 Å².